The summed E-state index contributed by atoms with van der Waals surface area (Å²) in [6.07, 6.45) is -4.41. The molecule has 4 heteroatoms. The molecule has 0 saturated carbocycles. The number of benzene rings is 1. The van der Waals surface area contributed by atoms with Crippen LogP contribution in [0.2, 0.25) is 0 Å². The lowest BCUT2D eigenvalue weighted by Gasteiger charge is -2.16. The zero-order valence-electron chi connectivity index (χ0n) is 8.16. The third-order valence-electron chi connectivity index (χ3n) is 2.36. The lowest BCUT2D eigenvalue weighted by Crippen LogP contribution is -2.11. The number of phenolic OH excluding ortho intramolecular Hbond substituents is 1. The van der Waals surface area contributed by atoms with Crippen LogP contribution in [-0.2, 0) is 6.18 Å². The molecular weight excluding hydrogens is 193 g/mol. The topological polar surface area (TPSA) is 20.2 Å². The molecule has 0 amide bonds. The molecule has 0 heterocycles. The third kappa shape index (κ3) is 1.69. The Morgan fingerprint density at radius 3 is 2.00 bits per heavy atom. The fourth-order valence-electron chi connectivity index (χ4n) is 1.45. The number of aromatic hydroxyl groups is 1. The lowest BCUT2D eigenvalue weighted by molar-refractivity contribution is -0.138. The molecular formula is C10H11F3O. The van der Waals surface area contributed by atoms with Crippen LogP contribution in [0.1, 0.15) is 22.3 Å². The molecule has 0 atom stereocenters. The summed E-state index contributed by atoms with van der Waals surface area (Å²) in [4.78, 5) is 0. The molecule has 0 aliphatic rings. The molecule has 0 aliphatic carbocycles. The van der Waals surface area contributed by atoms with Gasteiger partial charge in [-0.05, 0) is 38.0 Å². The molecule has 78 valence electrons. The predicted octanol–water partition coefficient (Wildman–Crippen LogP) is 3.34. The van der Waals surface area contributed by atoms with Crippen molar-refractivity contribution in [1.29, 1.82) is 0 Å². The average Bonchev–Trinajstić information content (AvgIpc) is 1.98. The maximum atomic E-state index is 12.6. The minimum Gasteiger partial charge on any atom is -0.508 e. The van der Waals surface area contributed by atoms with Gasteiger partial charge in [-0.1, -0.05) is 0 Å². The van der Waals surface area contributed by atoms with E-state index in [1.165, 1.54) is 19.9 Å². The first-order chi connectivity index (χ1) is 6.25. The highest BCUT2D eigenvalue weighted by atomic mass is 19.4. The minimum absolute atomic E-state index is 0.111. The monoisotopic (exact) mass is 204 g/mol. The van der Waals surface area contributed by atoms with Gasteiger partial charge in [0.15, 0.2) is 0 Å². The standard InChI is InChI=1S/C10H11F3O/c1-5-4-8(14)7(3)9(6(5)2)10(11,12)13/h4,14H,1-3H3. The van der Waals surface area contributed by atoms with E-state index in [2.05, 4.69) is 0 Å². The summed E-state index contributed by atoms with van der Waals surface area (Å²) in [5.41, 5.74) is -0.219. The van der Waals surface area contributed by atoms with Gasteiger partial charge in [0.25, 0.3) is 0 Å². The number of aryl methyl sites for hydroxylation is 1. The largest absolute Gasteiger partial charge is 0.508 e. The molecule has 0 radical (unpaired) electrons. The highest BCUT2D eigenvalue weighted by Crippen LogP contribution is 2.38. The molecule has 1 aromatic carbocycles. The summed E-state index contributed by atoms with van der Waals surface area (Å²) in [5.74, 6) is -0.305. The second kappa shape index (κ2) is 3.19. The first-order valence-electron chi connectivity index (χ1n) is 4.12. The third-order valence-corrected chi connectivity index (χ3v) is 2.36. The van der Waals surface area contributed by atoms with Crippen LogP contribution in [0.3, 0.4) is 0 Å². The van der Waals surface area contributed by atoms with E-state index in [4.69, 9.17) is 0 Å². The fourth-order valence-corrected chi connectivity index (χ4v) is 1.45. The van der Waals surface area contributed by atoms with E-state index in [-0.39, 0.29) is 16.9 Å². The van der Waals surface area contributed by atoms with Gasteiger partial charge < -0.3 is 5.11 Å². The average molecular weight is 204 g/mol. The first kappa shape index (κ1) is 10.9. The number of alkyl halides is 3. The molecule has 0 fully saturated rings. The maximum absolute atomic E-state index is 12.6. The van der Waals surface area contributed by atoms with Crippen LogP contribution in [0, 0.1) is 20.8 Å². The van der Waals surface area contributed by atoms with Gasteiger partial charge in [0.1, 0.15) is 5.75 Å². The summed E-state index contributed by atoms with van der Waals surface area (Å²) in [6.45, 7) is 4.22. The summed E-state index contributed by atoms with van der Waals surface area (Å²) in [6, 6.07) is 1.35. The SMILES string of the molecule is Cc1cc(O)c(C)c(C(F)(F)F)c1C. The van der Waals surface area contributed by atoms with Crippen molar-refractivity contribution in [1.82, 2.24) is 0 Å². The summed E-state index contributed by atoms with van der Waals surface area (Å²) in [5, 5.41) is 9.27. The zero-order chi connectivity index (χ0) is 11.1. The van der Waals surface area contributed by atoms with Crippen LogP contribution in [0.5, 0.6) is 5.75 Å². The number of halogens is 3. The summed E-state index contributed by atoms with van der Waals surface area (Å²) >= 11 is 0. The van der Waals surface area contributed by atoms with Crippen molar-refractivity contribution in [3.05, 3.63) is 28.3 Å². The van der Waals surface area contributed by atoms with Gasteiger partial charge in [-0.3, -0.25) is 0 Å². The molecule has 14 heavy (non-hydrogen) atoms. The highest BCUT2D eigenvalue weighted by Gasteiger charge is 2.35. The number of hydrogen-bond donors (Lipinski definition) is 1. The smallest absolute Gasteiger partial charge is 0.417 e. The molecule has 1 N–H and O–H groups in total. The Morgan fingerprint density at radius 2 is 1.57 bits per heavy atom. The van der Waals surface area contributed by atoms with Crippen LogP contribution >= 0.6 is 0 Å². The van der Waals surface area contributed by atoms with Crippen molar-refractivity contribution >= 4 is 0 Å². The number of hydrogen-bond acceptors (Lipinski definition) is 1. The molecule has 1 rings (SSSR count). The van der Waals surface area contributed by atoms with Gasteiger partial charge in [0, 0.05) is 5.56 Å². The van der Waals surface area contributed by atoms with Gasteiger partial charge in [-0.15, -0.1) is 0 Å². The molecule has 1 aromatic rings. The second-order valence-corrected chi connectivity index (χ2v) is 3.34. The molecule has 0 spiro atoms. The maximum Gasteiger partial charge on any atom is 0.417 e. The van der Waals surface area contributed by atoms with Crippen molar-refractivity contribution < 1.29 is 18.3 Å². The highest BCUT2D eigenvalue weighted by molar-refractivity contribution is 5.48. The van der Waals surface area contributed by atoms with Crippen LogP contribution in [0.25, 0.3) is 0 Å². The van der Waals surface area contributed by atoms with Crippen molar-refractivity contribution in [2.45, 2.75) is 26.9 Å². The van der Waals surface area contributed by atoms with Gasteiger partial charge in [-0.2, -0.15) is 13.2 Å². The van der Waals surface area contributed by atoms with E-state index >= 15 is 0 Å². The zero-order valence-corrected chi connectivity index (χ0v) is 8.16. The van der Waals surface area contributed by atoms with E-state index in [0.717, 1.165) is 0 Å². The van der Waals surface area contributed by atoms with Crippen LogP contribution in [-0.4, -0.2) is 5.11 Å². The van der Waals surface area contributed by atoms with Crippen LogP contribution < -0.4 is 0 Å². The lowest BCUT2D eigenvalue weighted by atomic mass is 9.97. The minimum atomic E-state index is -4.41. The van der Waals surface area contributed by atoms with Crippen LogP contribution in [0.15, 0.2) is 6.07 Å². The van der Waals surface area contributed by atoms with Crippen LogP contribution in [0.4, 0.5) is 13.2 Å². The Morgan fingerprint density at radius 1 is 1.07 bits per heavy atom. The Hall–Kier alpha value is -1.19. The molecule has 0 bridgehead atoms. The van der Waals surface area contributed by atoms with E-state index in [9.17, 15) is 18.3 Å². The Balaban J connectivity index is 3.56. The first-order valence-corrected chi connectivity index (χ1v) is 4.12. The molecule has 0 saturated heterocycles. The van der Waals surface area contributed by atoms with Crippen molar-refractivity contribution in [3.63, 3.8) is 0 Å². The summed E-state index contributed by atoms with van der Waals surface area (Å²) < 4.78 is 37.7. The number of rotatable bonds is 0. The van der Waals surface area contributed by atoms with E-state index in [1.54, 1.807) is 6.92 Å². The normalized spacial score (nSPS) is 11.9. The van der Waals surface area contributed by atoms with E-state index in [1.807, 2.05) is 0 Å². The quantitative estimate of drug-likeness (QED) is 0.687. The van der Waals surface area contributed by atoms with E-state index in [0.29, 0.717) is 5.56 Å². The van der Waals surface area contributed by atoms with Gasteiger partial charge in [0.05, 0.1) is 5.56 Å². The Labute approximate surface area is 80.2 Å². The Bertz CT molecular complexity index is 340. The van der Waals surface area contributed by atoms with Crippen molar-refractivity contribution in [3.8, 4) is 5.75 Å². The predicted molar refractivity (Wildman–Crippen MR) is 47.3 cm³/mol. The second-order valence-electron chi connectivity index (χ2n) is 3.34. The molecule has 1 nitrogen and oxygen atoms in total. The van der Waals surface area contributed by atoms with Crippen molar-refractivity contribution in [2.75, 3.05) is 0 Å². The molecule has 0 aromatic heterocycles. The van der Waals surface area contributed by atoms with Gasteiger partial charge in [-0.25, -0.2) is 0 Å². The van der Waals surface area contributed by atoms with Gasteiger partial charge in [0.2, 0.25) is 0 Å². The molecule has 0 unspecified atom stereocenters. The van der Waals surface area contributed by atoms with Gasteiger partial charge >= 0.3 is 6.18 Å². The molecule has 0 aliphatic heterocycles. The van der Waals surface area contributed by atoms with Crippen molar-refractivity contribution in [2.24, 2.45) is 0 Å². The number of phenols is 1. The Kier molecular flexibility index (Phi) is 2.48. The fraction of sp³-hybridized carbons (Fsp3) is 0.400. The summed E-state index contributed by atoms with van der Waals surface area (Å²) in [7, 11) is 0. The van der Waals surface area contributed by atoms with E-state index < -0.39 is 11.7 Å².